The molecule has 1 fully saturated rings. The minimum absolute atomic E-state index is 0.232. The molecule has 2 heterocycles. The Labute approximate surface area is 144 Å². The van der Waals surface area contributed by atoms with Crippen molar-refractivity contribution in [3.63, 3.8) is 0 Å². The Morgan fingerprint density at radius 3 is 2.76 bits per heavy atom. The van der Waals surface area contributed by atoms with Gasteiger partial charge in [-0.2, -0.15) is 0 Å². The highest BCUT2D eigenvalue weighted by atomic mass is 19.1. The summed E-state index contributed by atoms with van der Waals surface area (Å²) in [4.78, 5) is 30.2. The second kappa shape index (κ2) is 6.98. The van der Waals surface area contributed by atoms with Crippen LogP contribution in [0.5, 0.6) is 0 Å². The lowest BCUT2D eigenvalue weighted by atomic mass is 9.97. The quantitative estimate of drug-likeness (QED) is 0.926. The van der Waals surface area contributed by atoms with Crippen LogP contribution in [0.1, 0.15) is 17.3 Å². The summed E-state index contributed by atoms with van der Waals surface area (Å²) in [5, 5.41) is 2.67. The van der Waals surface area contributed by atoms with Crippen molar-refractivity contribution in [2.45, 2.75) is 19.1 Å². The highest BCUT2D eigenvalue weighted by molar-refractivity contribution is 5.95. The molecule has 1 saturated heterocycles. The van der Waals surface area contributed by atoms with Crippen LogP contribution in [0.25, 0.3) is 0 Å². The van der Waals surface area contributed by atoms with E-state index in [-0.39, 0.29) is 18.1 Å². The Morgan fingerprint density at radius 1 is 1.28 bits per heavy atom. The summed E-state index contributed by atoms with van der Waals surface area (Å²) in [6.45, 7) is 1.57. The van der Waals surface area contributed by atoms with Gasteiger partial charge in [-0.05, 0) is 25.1 Å². The first-order valence-electron chi connectivity index (χ1n) is 7.83. The van der Waals surface area contributed by atoms with Gasteiger partial charge in [-0.1, -0.05) is 24.3 Å². The van der Waals surface area contributed by atoms with Crippen LogP contribution in [0.15, 0.2) is 42.5 Å². The van der Waals surface area contributed by atoms with Gasteiger partial charge in [0.05, 0.1) is 6.04 Å². The molecule has 0 radical (unpaired) electrons. The molecule has 6 nitrogen and oxygen atoms in total. The fourth-order valence-electron chi connectivity index (χ4n) is 2.83. The molecule has 0 unspecified atom stereocenters. The number of carbonyl (C=O) groups is 2. The van der Waals surface area contributed by atoms with Crippen molar-refractivity contribution in [2.75, 3.05) is 19.0 Å². The number of hydrogen-bond donors (Lipinski definition) is 1. The smallest absolute Gasteiger partial charge is 0.257 e. The third-order valence-electron chi connectivity index (χ3n) is 4.11. The van der Waals surface area contributed by atoms with Crippen LogP contribution >= 0.6 is 0 Å². The molecule has 130 valence electrons. The largest absolute Gasteiger partial charge is 0.356 e. The molecule has 0 spiro atoms. The minimum atomic E-state index is -1.04. The summed E-state index contributed by atoms with van der Waals surface area (Å²) in [6.07, 6.45) is -1.04. The third kappa shape index (κ3) is 3.51. The molecule has 2 amide bonds. The molecule has 1 N–H and O–H groups in total. The van der Waals surface area contributed by atoms with Crippen molar-refractivity contribution in [2.24, 2.45) is 0 Å². The predicted octanol–water partition coefficient (Wildman–Crippen LogP) is 2.07. The Kier molecular flexibility index (Phi) is 4.76. The number of hydrogen-bond acceptors (Lipinski definition) is 4. The molecule has 1 aliphatic heterocycles. The van der Waals surface area contributed by atoms with Crippen LogP contribution in [0.2, 0.25) is 0 Å². The molecule has 1 aromatic heterocycles. The van der Waals surface area contributed by atoms with E-state index in [1.807, 2.05) is 0 Å². The van der Waals surface area contributed by atoms with Crippen LogP contribution < -0.4 is 5.32 Å². The molecule has 3 rings (SSSR count). The van der Waals surface area contributed by atoms with Gasteiger partial charge in [0, 0.05) is 18.3 Å². The number of ether oxygens (including phenoxy) is 1. The summed E-state index contributed by atoms with van der Waals surface area (Å²) in [6, 6.07) is 10.4. The van der Waals surface area contributed by atoms with Crippen LogP contribution in [-0.2, 0) is 14.3 Å². The molecule has 1 aliphatic rings. The van der Waals surface area contributed by atoms with E-state index in [2.05, 4.69) is 10.3 Å². The lowest BCUT2D eigenvalue weighted by Gasteiger charge is -2.38. The number of carbonyl (C=O) groups excluding carboxylic acids is 2. The second-order valence-corrected chi connectivity index (χ2v) is 5.86. The van der Waals surface area contributed by atoms with E-state index in [1.54, 1.807) is 43.3 Å². The molecule has 0 bridgehead atoms. The monoisotopic (exact) mass is 343 g/mol. The first-order valence-corrected chi connectivity index (χ1v) is 7.83. The number of aryl methyl sites for hydroxylation is 1. The Balaban J connectivity index is 1.90. The topological polar surface area (TPSA) is 71.5 Å². The molecule has 2 atom stereocenters. The number of amides is 2. The summed E-state index contributed by atoms with van der Waals surface area (Å²) < 4.78 is 19.7. The zero-order chi connectivity index (χ0) is 18.0. The molecule has 1 aromatic carbocycles. The number of benzene rings is 1. The molecule has 25 heavy (non-hydrogen) atoms. The molecule has 0 saturated carbocycles. The number of nitrogens with one attached hydrogen (secondary N) is 1. The van der Waals surface area contributed by atoms with E-state index < -0.39 is 23.9 Å². The Hall–Kier alpha value is -2.80. The third-order valence-corrected chi connectivity index (χ3v) is 4.11. The molecule has 2 aromatic rings. The van der Waals surface area contributed by atoms with Crippen molar-refractivity contribution < 1.29 is 18.7 Å². The summed E-state index contributed by atoms with van der Waals surface area (Å²) in [5.74, 6) is -0.916. The number of anilines is 1. The second-order valence-electron chi connectivity index (χ2n) is 5.86. The van der Waals surface area contributed by atoms with Crippen LogP contribution in [0, 0.1) is 12.7 Å². The molecular weight excluding hydrogens is 325 g/mol. The van der Waals surface area contributed by atoms with Gasteiger partial charge in [0.1, 0.15) is 18.2 Å². The van der Waals surface area contributed by atoms with E-state index in [0.29, 0.717) is 5.82 Å². The number of morpholine rings is 1. The zero-order valence-electron chi connectivity index (χ0n) is 13.9. The summed E-state index contributed by atoms with van der Waals surface area (Å²) >= 11 is 0. The normalized spacial score (nSPS) is 20.4. The van der Waals surface area contributed by atoms with Crippen molar-refractivity contribution >= 4 is 17.6 Å². The number of rotatable bonds is 3. The van der Waals surface area contributed by atoms with Gasteiger partial charge < -0.3 is 15.0 Å². The highest BCUT2D eigenvalue weighted by Gasteiger charge is 2.41. The van der Waals surface area contributed by atoms with Crippen molar-refractivity contribution in [1.82, 2.24) is 9.88 Å². The minimum Gasteiger partial charge on any atom is -0.356 e. The molecular formula is C18H18FN3O3. The summed E-state index contributed by atoms with van der Waals surface area (Å²) in [7, 11) is 1.53. The van der Waals surface area contributed by atoms with E-state index in [9.17, 15) is 14.0 Å². The number of nitrogens with zero attached hydrogens (tertiary/aromatic N) is 2. The Bertz CT molecular complexity index is 812. The number of pyridine rings is 1. The molecule has 7 heteroatoms. The highest BCUT2D eigenvalue weighted by Crippen LogP contribution is 2.31. The van der Waals surface area contributed by atoms with Gasteiger partial charge in [0.25, 0.3) is 5.91 Å². The maximum atomic E-state index is 14.3. The van der Waals surface area contributed by atoms with Gasteiger partial charge in [-0.3, -0.25) is 9.59 Å². The fraction of sp³-hybridized carbons (Fsp3) is 0.278. The first kappa shape index (κ1) is 17.0. The van der Waals surface area contributed by atoms with Gasteiger partial charge in [0.2, 0.25) is 5.91 Å². The van der Waals surface area contributed by atoms with Gasteiger partial charge in [-0.25, -0.2) is 9.37 Å². The zero-order valence-corrected chi connectivity index (χ0v) is 13.9. The van der Waals surface area contributed by atoms with Gasteiger partial charge in [0.15, 0.2) is 6.10 Å². The molecule has 0 aliphatic carbocycles. The Morgan fingerprint density at radius 2 is 2.04 bits per heavy atom. The lowest BCUT2D eigenvalue weighted by molar-refractivity contribution is -0.160. The van der Waals surface area contributed by atoms with Gasteiger partial charge in [-0.15, -0.1) is 0 Å². The summed E-state index contributed by atoms with van der Waals surface area (Å²) in [5.41, 5.74) is 0.982. The van der Waals surface area contributed by atoms with Crippen LogP contribution in [0.4, 0.5) is 10.2 Å². The first-order chi connectivity index (χ1) is 12.0. The van der Waals surface area contributed by atoms with Crippen molar-refractivity contribution in [3.05, 3.63) is 59.5 Å². The predicted molar refractivity (Wildman–Crippen MR) is 89.3 cm³/mol. The average Bonchev–Trinajstić information content (AvgIpc) is 2.58. The van der Waals surface area contributed by atoms with Crippen LogP contribution in [0.3, 0.4) is 0 Å². The fourth-order valence-corrected chi connectivity index (χ4v) is 2.83. The van der Waals surface area contributed by atoms with Crippen LogP contribution in [-0.4, -0.2) is 41.5 Å². The number of likely N-dealkylation sites (N-methyl/N-ethyl adjacent to an activating group) is 1. The van der Waals surface area contributed by atoms with E-state index in [0.717, 1.165) is 5.69 Å². The van der Waals surface area contributed by atoms with Crippen molar-refractivity contribution in [3.8, 4) is 0 Å². The SMILES string of the molecule is Cc1cccc(NC(=O)[C@H]2OCC(=O)N(C)[C@H]2c2ccccc2F)n1. The van der Waals surface area contributed by atoms with E-state index in [4.69, 9.17) is 4.74 Å². The number of halogens is 1. The van der Waals surface area contributed by atoms with E-state index >= 15 is 0 Å². The van der Waals surface area contributed by atoms with E-state index in [1.165, 1.54) is 18.0 Å². The standard InChI is InChI=1S/C18H18FN3O3/c1-11-6-5-9-14(20-11)21-18(24)17-16(22(2)15(23)10-25-17)12-7-3-4-8-13(12)19/h3-9,16-17H,10H2,1-2H3,(H,20,21,24)/t16-,17-/m0/s1. The maximum Gasteiger partial charge on any atom is 0.257 e. The average molecular weight is 343 g/mol. The number of aromatic nitrogens is 1. The lowest BCUT2D eigenvalue weighted by Crippen LogP contribution is -2.51. The maximum absolute atomic E-state index is 14.3. The van der Waals surface area contributed by atoms with Crippen molar-refractivity contribution in [1.29, 1.82) is 0 Å². The van der Waals surface area contributed by atoms with Gasteiger partial charge >= 0.3 is 0 Å².